The number of ether oxygens (including phenoxy) is 3. The Hall–Kier alpha value is -5.11. The molecule has 0 bridgehead atoms. The van der Waals surface area contributed by atoms with Gasteiger partial charge in [0.1, 0.15) is 28.8 Å². The summed E-state index contributed by atoms with van der Waals surface area (Å²) < 4.78 is 64.1. The fraction of sp³-hybridized carbons (Fsp3) is 0.300. The fourth-order valence-corrected chi connectivity index (χ4v) is 9.13. The third-order valence-electron chi connectivity index (χ3n) is 10.1. The van der Waals surface area contributed by atoms with Crippen molar-refractivity contribution < 1.29 is 36.9 Å². The summed E-state index contributed by atoms with van der Waals surface area (Å²) in [5.41, 5.74) is 4.42. The normalized spacial score (nSPS) is 14.5. The van der Waals surface area contributed by atoms with Gasteiger partial charge in [-0.1, -0.05) is 35.9 Å². The Morgan fingerprint density at radius 2 is 1.80 bits per heavy atom. The number of sulfonamides is 1. The van der Waals surface area contributed by atoms with Gasteiger partial charge in [-0.25, -0.2) is 17.6 Å². The summed E-state index contributed by atoms with van der Waals surface area (Å²) in [5, 5.41) is 18.2. The number of fused-ring (bicyclic) bond motifs is 3. The zero-order valence-electron chi connectivity index (χ0n) is 30.4. The number of carboxylic acids is 1. The Morgan fingerprint density at radius 1 is 1.00 bits per heavy atom. The average molecular weight is 775 g/mol. The summed E-state index contributed by atoms with van der Waals surface area (Å²) in [6.45, 7) is 2.23. The molecule has 0 fully saturated rings. The van der Waals surface area contributed by atoms with Gasteiger partial charge in [0.25, 0.3) is 0 Å². The molecule has 54 heavy (non-hydrogen) atoms. The lowest BCUT2D eigenvalue weighted by Gasteiger charge is -2.23. The second-order valence-electron chi connectivity index (χ2n) is 13.3. The highest BCUT2D eigenvalue weighted by Crippen LogP contribution is 2.43. The van der Waals surface area contributed by atoms with Gasteiger partial charge in [0, 0.05) is 59.4 Å². The first-order chi connectivity index (χ1) is 25.9. The number of methoxy groups -OCH3 is 2. The van der Waals surface area contributed by atoms with E-state index >= 15 is 0 Å². The third-order valence-corrected chi connectivity index (χ3v) is 12.3. The molecule has 11 nitrogen and oxygen atoms in total. The van der Waals surface area contributed by atoms with Gasteiger partial charge in [-0.05, 0) is 73.5 Å². The van der Waals surface area contributed by atoms with Crippen molar-refractivity contribution in [1.29, 1.82) is 0 Å². The van der Waals surface area contributed by atoms with Crippen LogP contribution in [0.3, 0.4) is 0 Å². The van der Waals surface area contributed by atoms with E-state index in [1.807, 2.05) is 25.1 Å². The minimum absolute atomic E-state index is 0.0110. The Balaban J connectivity index is 1.30. The number of aromatic nitrogens is 3. The number of aromatic carboxylic acids is 1. The molecule has 0 unspecified atom stereocenters. The van der Waals surface area contributed by atoms with Crippen LogP contribution < -0.4 is 14.2 Å². The van der Waals surface area contributed by atoms with Gasteiger partial charge < -0.3 is 23.9 Å². The molecule has 282 valence electrons. The number of aryl methyl sites for hydroxylation is 3. The molecule has 0 atom stereocenters. The van der Waals surface area contributed by atoms with Crippen molar-refractivity contribution in [2.45, 2.75) is 45.8 Å². The molecule has 2 aromatic heterocycles. The molecule has 7 rings (SSSR count). The van der Waals surface area contributed by atoms with E-state index in [9.17, 15) is 22.7 Å². The van der Waals surface area contributed by atoms with E-state index in [1.54, 1.807) is 59.8 Å². The number of halogens is 2. The summed E-state index contributed by atoms with van der Waals surface area (Å²) in [4.78, 5) is 13.2. The molecule has 0 aliphatic carbocycles. The Labute approximate surface area is 317 Å². The predicted octanol–water partition coefficient (Wildman–Crippen LogP) is 7.76. The van der Waals surface area contributed by atoms with E-state index in [-0.39, 0.29) is 49.9 Å². The number of nitrogens with zero attached hydrogens (tertiary/aromatic N) is 4. The summed E-state index contributed by atoms with van der Waals surface area (Å²) >= 11 is 7.06. The van der Waals surface area contributed by atoms with Gasteiger partial charge >= 0.3 is 5.97 Å². The molecule has 6 aromatic rings. The Morgan fingerprint density at radius 3 is 2.56 bits per heavy atom. The van der Waals surface area contributed by atoms with E-state index in [4.69, 9.17) is 30.9 Å². The van der Waals surface area contributed by atoms with Crippen LogP contribution in [0.1, 0.15) is 45.8 Å². The first-order valence-corrected chi connectivity index (χ1v) is 19.5. The molecule has 0 spiro atoms. The van der Waals surface area contributed by atoms with Gasteiger partial charge in [0.05, 0.1) is 49.4 Å². The molecule has 1 aliphatic heterocycles. The lowest BCUT2D eigenvalue weighted by Crippen LogP contribution is -2.33. The highest BCUT2D eigenvalue weighted by Gasteiger charge is 2.32. The third kappa shape index (κ3) is 6.87. The van der Waals surface area contributed by atoms with Gasteiger partial charge in [-0.3, -0.25) is 4.68 Å². The van der Waals surface area contributed by atoms with E-state index < -0.39 is 16.0 Å². The predicted molar refractivity (Wildman–Crippen MR) is 206 cm³/mol. The number of carboxylic acid groups (broad SMARTS) is 1. The number of carbonyl (C=O) groups is 1. The smallest absolute Gasteiger partial charge is 0.352 e. The van der Waals surface area contributed by atoms with Crippen LogP contribution in [-0.2, 0) is 43.1 Å². The lowest BCUT2D eigenvalue weighted by atomic mass is 9.98. The highest BCUT2D eigenvalue weighted by molar-refractivity contribution is 7.89. The SMILES string of the molecule is COc1ccc(CN2Cc3nn(C)c(C)c3-c3c(Cl)ccc4c(CCCOc5cccc6cc(F)ccc56)c(C(=O)O)n(c34)CCCS2(=O)=O)c(OC)c1. The second kappa shape index (κ2) is 15.0. The van der Waals surface area contributed by atoms with Crippen molar-refractivity contribution >= 4 is 49.3 Å². The summed E-state index contributed by atoms with van der Waals surface area (Å²) in [6, 6.07) is 18.8. The van der Waals surface area contributed by atoms with Crippen molar-refractivity contribution in [2.75, 3.05) is 26.6 Å². The van der Waals surface area contributed by atoms with Crippen LogP contribution in [-0.4, -0.2) is 64.7 Å². The number of benzene rings is 4. The average Bonchev–Trinajstić information content (AvgIpc) is 3.60. The minimum Gasteiger partial charge on any atom is -0.497 e. The van der Waals surface area contributed by atoms with Gasteiger partial charge in [-0.2, -0.15) is 9.40 Å². The van der Waals surface area contributed by atoms with Gasteiger partial charge in [-0.15, -0.1) is 0 Å². The van der Waals surface area contributed by atoms with Crippen LogP contribution in [0, 0.1) is 12.7 Å². The fourth-order valence-electron chi connectivity index (χ4n) is 7.47. The monoisotopic (exact) mass is 774 g/mol. The van der Waals surface area contributed by atoms with Crippen molar-refractivity contribution in [1.82, 2.24) is 18.7 Å². The first-order valence-electron chi connectivity index (χ1n) is 17.5. The molecule has 1 aliphatic rings. The minimum atomic E-state index is -3.91. The van der Waals surface area contributed by atoms with Crippen LogP contribution >= 0.6 is 11.6 Å². The number of hydrogen-bond donors (Lipinski definition) is 1. The first kappa shape index (κ1) is 37.2. The molecule has 0 radical (unpaired) electrons. The molecule has 4 aromatic carbocycles. The maximum atomic E-state index is 14.2. The molecule has 0 saturated heterocycles. The van der Waals surface area contributed by atoms with E-state index in [1.165, 1.54) is 23.5 Å². The van der Waals surface area contributed by atoms with Crippen LogP contribution in [0.2, 0.25) is 5.02 Å². The summed E-state index contributed by atoms with van der Waals surface area (Å²) in [5.74, 6) is -0.0326. The van der Waals surface area contributed by atoms with Crippen molar-refractivity contribution in [3.05, 3.63) is 106 Å². The Bertz CT molecular complexity index is 2530. The molecule has 0 amide bonds. The molecule has 3 heterocycles. The lowest BCUT2D eigenvalue weighted by molar-refractivity contribution is 0.0684. The zero-order valence-corrected chi connectivity index (χ0v) is 31.9. The van der Waals surface area contributed by atoms with Crippen molar-refractivity contribution in [3.63, 3.8) is 0 Å². The van der Waals surface area contributed by atoms with E-state index in [2.05, 4.69) is 0 Å². The molecule has 14 heteroatoms. The van der Waals surface area contributed by atoms with E-state index in [0.717, 1.165) is 16.5 Å². The van der Waals surface area contributed by atoms with Gasteiger partial charge in [0.15, 0.2) is 0 Å². The quantitative estimate of drug-likeness (QED) is 0.140. The maximum Gasteiger partial charge on any atom is 0.352 e. The van der Waals surface area contributed by atoms with Crippen LogP contribution in [0.15, 0.2) is 66.7 Å². The molecule has 0 saturated carbocycles. The summed E-state index contributed by atoms with van der Waals surface area (Å²) in [7, 11) is 0.939. The number of hydrogen-bond acceptors (Lipinski definition) is 7. The number of rotatable bonds is 10. The van der Waals surface area contributed by atoms with Gasteiger partial charge in [0.2, 0.25) is 10.0 Å². The zero-order chi connectivity index (χ0) is 38.3. The second-order valence-corrected chi connectivity index (χ2v) is 15.8. The van der Waals surface area contributed by atoms with Crippen LogP contribution in [0.5, 0.6) is 17.2 Å². The Kier molecular flexibility index (Phi) is 10.3. The summed E-state index contributed by atoms with van der Waals surface area (Å²) in [6.07, 6.45) is 0.980. The maximum absolute atomic E-state index is 14.2. The molecular weight excluding hydrogens is 735 g/mol. The molecular formula is C40H40ClFN4O7S. The van der Waals surface area contributed by atoms with E-state index in [0.29, 0.717) is 74.0 Å². The van der Waals surface area contributed by atoms with Crippen molar-refractivity contribution in [3.8, 4) is 28.4 Å². The molecule has 1 N–H and O–H groups in total. The van der Waals surface area contributed by atoms with Crippen molar-refractivity contribution in [2.24, 2.45) is 7.05 Å². The van der Waals surface area contributed by atoms with Crippen LogP contribution in [0.25, 0.3) is 32.8 Å². The topological polar surface area (TPSA) is 125 Å². The van der Waals surface area contributed by atoms with Crippen LogP contribution in [0.4, 0.5) is 4.39 Å². The highest BCUT2D eigenvalue weighted by atomic mass is 35.5. The standard InChI is InChI=1S/C40H40ClFN4O7S/c1-24-36-33(43-44(24)2)23-45(22-26-11-13-28(51-3)21-35(26)52-4)54(49,50)19-7-17-46-38-31(15-16-32(41)37(36)38)30(39(46)40(47)48)9-6-18-53-34-10-5-8-25-20-27(42)12-14-29(25)34/h5,8,10-16,20-21H,6-7,9,17-19,22-23H2,1-4H3,(H,47,48). The largest absolute Gasteiger partial charge is 0.497 e.